The third-order valence-electron chi connectivity index (χ3n) is 4.98. The first-order valence-corrected chi connectivity index (χ1v) is 7.34. The highest BCUT2D eigenvalue weighted by Gasteiger charge is 2.42. The van der Waals surface area contributed by atoms with Crippen molar-refractivity contribution in [2.45, 2.75) is 49.8 Å². The normalized spacial score (nSPS) is 44.5. The molecule has 4 nitrogen and oxygen atoms in total. The first-order chi connectivity index (χ1) is 8.67. The molecular weight excluding hydrogens is 228 g/mol. The summed E-state index contributed by atoms with van der Waals surface area (Å²) in [5.41, 5.74) is 5.90. The molecule has 1 aliphatic carbocycles. The van der Waals surface area contributed by atoms with Crippen molar-refractivity contribution in [2.24, 2.45) is 11.7 Å². The third kappa shape index (κ3) is 2.57. The van der Waals surface area contributed by atoms with Gasteiger partial charge in [-0.15, -0.1) is 0 Å². The fourth-order valence-corrected chi connectivity index (χ4v) is 3.73. The zero-order valence-corrected chi connectivity index (χ0v) is 11.4. The van der Waals surface area contributed by atoms with Gasteiger partial charge in [0.1, 0.15) is 0 Å². The molecule has 2 unspecified atom stereocenters. The quantitative estimate of drug-likeness (QED) is 0.816. The second-order valence-electron chi connectivity index (χ2n) is 6.52. The molecule has 0 radical (unpaired) electrons. The number of rotatable bonds is 3. The van der Waals surface area contributed by atoms with Gasteiger partial charge in [-0.25, -0.2) is 0 Å². The molecule has 4 heteroatoms. The van der Waals surface area contributed by atoms with Crippen molar-refractivity contribution < 1.29 is 9.47 Å². The Balaban J connectivity index is 1.51. The highest BCUT2D eigenvalue weighted by molar-refractivity contribution is 4.94. The van der Waals surface area contributed by atoms with E-state index in [9.17, 15) is 0 Å². The van der Waals surface area contributed by atoms with Crippen LogP contribution >= 0.6 is 0 Å². The van der Waals surface area contributed by atoms with Gasteiger partial charge in [-0.2, -0.15) is 0 Å². The van der Waals surface area contributed by atoms with Crippen molar-refractivity contribution in [1.82, 2.24) is 4.90 Å². The SMILES string of the molecule is CN(CC1CC(N)C1)C1CCOC2(CCOC2)C1. The summed E-state index contributed by atoms with van der Waals surface area (Å²) >= 11 is 0. The van der Waals surface area contributed by atoms with Crippen molar-refractivity contribution in [3.05, 3.63) is 0 Å². The summed E-state index contributed by atoms with van der Waals surface area (Å²) in [7, 11) is 2.27. The minimum Gasteiger partial charge on any atom is -0.378 e. The number of hydrogen-bond donors (Lipinski definition) is 1. The molecule has 3 aliphatic rings. The Kier molecular flexibility index (Phi) is 3.63. The largest absolute Gasteiger partial charge is 0.378 e. The molecule has 18 heavy (non-hydrogen) atoms. The maximum absolute atomic E-state index is 6.00. The van der Waals surface area contributed by atoms with E-state index in [1.54, 1.807) is 0 Å². The molecule has 0 amide bonds. The number of nitrogens with zero attached hydrogens (tertiary/aromatic N) is 1. The minimum absolute atomic E-state index is 0.0349. The Morgan fingerprint density at radius 3 is 2.83 bits per heavy atom. The molecule has 0 bridgehead atoms. The smallest absolute Gasteiger partial charge is 0.0951 e. The lowest BCUT2D eigenvalue weighted by Crippen LogP contribution is -2.50. The average Bonchev–Trinajstić information content (AvgIpc) is 2.75. The summed E-state index contributed by atoms with van der Waals surface area (Å²) < 4.78 is 11.5. The fourth-order valence-electron chi connectivity index (χ4n) is 3.73. The summed E-state index contributed by atoms with van der Waals surface area (Å²) in [6.07, 6.45) is 5.80. The molecule has 0 aromatic rings. The van der Waals surface area contributed by atoms with Crippen LogP contribution in [-0.2, 0) is 9.47 Å². The average molecular weight is 254 g/mol. The predicted octanol–water partition coefficient (Wildman–Crippen LogP) is 0.994. The van der Waals surface area contributed by atoms with Gasteiger partial charge in [-0.05, 0) is 38.6 Å². The van der Waals surface area contributed by atoms with Gasteiger partial charge in [0.2, 0.25) is 0 Å². The maximum atomic E-state index is 6.00. The van der Waals surface area contributed by atoms with Crippen LogP contribution in [0.25, 0.3) is 0 Å². The molecule has 2 heterocycles. The molecule has 2 aliphatic heterocycles. The first-order valence-electron chi connectivity index (χ1n) is 7.34. The lowest BCUT2D eigenvalue weighted by Gasteiger charge is -2.43. The van der Waals surface area contributed by atoms with Gasteiger partial charge in [-0.3, -0.25) is 0 Å². The lowest BCUT2D eigenvalue weighted by molar-refractivity contribution is -0.105. The van der Waals surface area contributed by atoms with Gasteiger partial charge in [0.15, 0.2) is 0 Å². The van der Waals surface area contributed by atoms with Gasteiger partial charge >= 0.3 is 0 Å². The maximum Gasteiger partial charge on any atom is 0.0951 e. The Labute approximate surface area is 110 Å². The summed E-state index contributed by atoms with van der Waals surface area (Å²) in [6, 6.07) is 1.13. The van der Waals surface area contributed by atoms with Gasteiger partial charge in [0.25, 0.3) is 0 Å². The second kappa shape index (κ2) is 5.08. The molecule has 0 aromatic heterocycles. The van der Waals surface area contributed by atoms with Gasteiger partial charge < -0.3 is 20.1 Å². The zero-order valence-electron chi connectivity index (χ0n) is 11.4. The summed E-state index contributed by atoms with van der Waals surface area (Å²) in [5.74, 6) is 0.823. The summed E-state index contributed by atoms with van der Waals surface area (Å²) in [6.45, 7) is 3.76. The molecule has 2 saturated heterocycles. The summed E-state index contributed by atoms with van der Waals surface area (Å²) in [4.78, 5) is 2.54. The van der Waals surface area contributed by atoms with Crippen LogP contribution in [-0.4, -0.2) is 56.0 Å². The Bertz CT molecular complexity index is 286. The molecule has 0 aromatic carbocycles. The number of ether oxygens (including phenoxy) is 2. The van der Waals surface area contributed by atoms with E-state index in [1.165, 1.54) is 19.4 Å². The molecule has 1 spiro atoms. The molecule has 104 valence electrons. The van der Waals surface area contributed by atoms with Gasteiger partial charge in [-0.1, -0.05) is 0 Å². The van der Waals surface area contributed by atoms with Crippen LogP contribution in [0.1, 0.15) is 32.1 Å². The zero-order chi connectivity index (χ0) is 12.6. The third-order valence-corrected chi connectivity index (χ3v) is 4.98. The van der Waals surface area contributed by atoms with Crippen molar-refractivity contribution in [1.29, 1.82) is 0 Å². The Morgan fingerprint density at radius 2 is 2.17 bits per heavy atom. The van der Waals surface area contributed by atoms with E-state index in [1.807, 2.05) is 0 Å². The van der Waals surface area contributed by atoms with Crippen LogP contribution in [0, 0.1) is 5.92 Å². The molecule has 2 N–H and O–H groups in total. The lowest BCUT2D eigenvalue weighted by atomic mass is 9.80. The fraction of sp³-hybridized carbons (Fsp3) is 1.00. The van der Waals surface area contributed by atoms with Crippen LogP contribution in [0.2, 0.25) is 0 Å². The minimum atomic E-state index is 0.0349. The predicted molar refractivity (Wildman–Crippen MR) is 70.5 cm³/mol. The molecule has 3 rings (SSSR count). The van der Waals surface area contributed by atoms with E-state index in [4.69, 9.17) is 15.2 Å². The van der Waals surface area contributed by atoms with Crippen LogP contribution in [0.4, 0.5) is 0 Å². The molecule has 1 saturated carbocycles. The molecule has 2 atom stereocenters. The number of nitrogens with two attached hydrogens (primary N) is 1. The van der Waals surface area contributed by atoms with E-state index in [2.05, 4.69) is 11.9 Å². The van der Waals surface area contributed by atoms with Crippen LogP contribution < -0.4 is 5.73 Å². The highest BCUT2D eigenvalue weighted by atomic mass is 16.6. The van der Waals surface area contributed by atoms with Crippen LogP contribution in [0.3, 0.4) is 0 Å². The topological polar surface area (TPSA) is 47.7 Å². The van der Waals surface area contributed by atoms with Crippen LogP contribution in [0.5, 0.6) is 0 Å². The van der Waals surface area contributed by atoms with Crippen molar-refractivity contribution in [3.8, 4) is 0 Å². The summed E-state index contributed by atoms with van der Waals surface area (Å²) in [5, 5.41) is 0. The highest BCUT2D eigenvalue weighted by Crippen LogP contribution is 2.35. The van der Waals surface area contributed by atoms with E-state index in [0.29, 0.717) is 12.1 Å². The van der Waals surface area contributed by atoms with Crippen molar-refractivity contribution in [2.75, 3.05) is 33.4 Å². The Morgan fingerprint density at radius 1 is 1.33 bits per heavy atom. The van der Waals surface area contributed by atoms with E-state index in [-0.39, 0.29) is 5.60 Å². The van der Waals surface area contributed by atoms with Gasteiger partial charge in [0, 0.05) is 38.3 Å². The number of hydrogen-bond acceptors (Lipinski definition) is 4. The standard InChI is InChI=1S/C14H26N2O2/c1-16(9-11-6-12(15)7-11)13-2-4-18-14(8-13)3-5-17-10-14/h11-13H,2-10,15H2,1H3. The Hall–Kier alpha value is -0.160. The van der Waals surface area contributed by atoms with Crippen molar-refractivity contribution >= 4 is 0 Å². The van der Waals surface area contributed by atoms with Crippen molar-refractivity contribution in [3.63, 3.8) is 0 Å². The molecule has 3 fully saturated rings. The van der Waals surface area contributed by atoms with E-state index < -0.39 is 0 Å². The molecular formula is C14H26N2O2. The van der Waals surface area contributed by atoms with E-state index >= 15 is 0 Å². The van der Waals surface area contributed by atoms with E-state index in [0.717, 1.165) is 45.0 Å². The second-order valence-corrected chi connectivity index (χ2v) is 6.52. The van der Waals surface area contributed by atoms with Gasteiger partial charge in [0.05, 0.1) is 12.2 Å². The van der Waals surface area contributed by atoms with Crippen LogP contribution in [0.15, 0.2) is 0 Å². The monoisotopic (exact) mass is 254 g/mol. The first kappa shape index (κ1) is 12.9.